The molecule has 3 rings (SSSR count). The molecule has 4 nitrogen and oxygen atoms in total. The molecule has 1 fully saturated rings. The van der Waals surface area contributed by atoms with Gasteiger partial charge >= 0.3 is 5.97 Å². The highest BCUT2D eigenvalue weighted by Crippen LogP contribution is 2.42. The zero-order valence-corrected chi connectivity index (χ0v) is 16.8. The molecule has 1 saturated heterocycles. The molecule has 2 aromatic rings. The number of H-pyrrole nitrogens is 1. The number of aromatic nitrogens is 1. The SMILES string of the molecule is CCOC(=O)c1c(-c2c(Cl)cc(Cl)cc2Cl)c[nH]c1C1(C)CNC1.Cl. The molecule has 1 aromatic carbocycles. The van der Waals surface area contributed by atoms with Crippen LogP contribution in [0.2, 0.25) is 15.1 Å². The molecule has 0 radical (unpaired) electrons. The number of nitrogens with one attached hydrogen (secondary N) is 2. The molecule has 0 spiro atoms. The lowest BCUT2D eigenvalue weighted by Crippen LogP contribution is -2.55. The van der Waals surface area contributed by atoms with E-state index in [4.69, 9.17) is 39.5 Å². The molecule has 0 bridgehead atoms. The first-order chi connectivity index (χ1) is 11.4. The van der Waals surface area contributed by atoms with Crippen LogP contribution in [0.15, 0.2) is 18.3 Å². The van der Waals surface area contributed by atoms with E-state index in [1.54, 1.807) is 25.3 Å². The monoisotopic (exact) mass is 422 g/mol. The van der Waals surface area contributed by atoms with Gasteiger partial charge in [-0.1, -0.05) is 41.7 Å². The second-order valence-electron chi connectivity index (χ2n) is 6.08. The normalized spacial score (nSPS) is 15.2. The summed E-state index contributed by atoms with van der Waals surface area (Å²) < 4.78 is 5.26. The van der Waals surface area contributed by atoms with E-state index in [9.17, 15) is 4.79 Å². The van der Waals surface area contributed by atoms with Gasteiger partial charge in [0.05, 0.1) is 22.2 Å². The van der Waals surface area contributed by atoms with Gasteiger partial charge in [0.1, 0.15) is 0 Å². The summed E-state index contributed by atoms with van der Waals surface area (Å²) in [5, 5.41) is 4.46. The first-order valence-electron chi connectivity index (χ1n) is 7.62. The number of hydrogen-bond donors (Lipinski definition) is 2. The maximum Gasteiger partial charge on any atom is 0.340 e. The number of benzene rings is 1. The van der Waals surface area contributed by atoms with Gasteiger partial charge in [0.2, 0.25) is 0 Å². The fourth-order valence-corrected chi connectivity index (χ4v) is 4.01. The molecule has 2 N–H and O–H groups in total. The van der Waals surface area contributed by atoms with Crippen molar-refractivity contribution in [3.8, 4) is 11.1 Å². The lowest BCUT2D eigenvalue weighted by Gasteiger charge is -2.39. The van der Waals surface area contributed by atoms with E-state index < -0.39 is 0 Å². The standard InChI is InChI=1S/C17H17Cl3N2O2.ClH/c1-3-24-16(23)14-10(6-22-15(14)17(2)7-21-8-17)13-11(19)4-9(18)5-12(13)20;/h4-6,21-22H,3,7-8H2,1-2H3;1H. The number of rotatable bonds is 4. The fraction of sp³-hybridized carbons (Fsp3) is 0.353. The molecule has 0 aliphatic carbocycles. The van der Waals surface area contributed by atoms with Crippen molar-refractivity contribution in [3.05, 3.63) is 44.7 Å². The molecule has 25 heavy (non-hydrogen) atoms. The highest BCUT2D eigenvalue weighted by atomic mass is 35.5. The van der Waals surface area contributed by atoms with Gasteiger partial charge in [0.15, 0.2) is 0 Å². The van der Waals surface area contributed by atoms with E-state index in [0.29, 0.717) is 38.4 Å². The number of carbonyl (C=O) groups excluding carboxylic acids is 1. The predicted molar refractivity (Wildman–Crippen MR) is 105 cm³/mol. The van der Waals surface area contributed by atoms with Crippen molar-refractivity contribution >= 4 is 53.2 Å². The van der Waals surface area contributed by atoms with E-state index in [1.165, 1.54) is 0 Å². The lowest BCUT2D eigenvalue weighted by atomic mass is 9.78. The summed E-state index contributed by atoms with van der Waals surface area (Å²) in [5.74, 6) is -0.390. The van der Waals surface area contributed by atoms with Crippen LogP contribution in [0.1, 0.15) is 29.9 Å². The smallest absolute Gasteiger partial charge is 0.340 e. The van der Waals surface area contributed by atoms with Crippen molar-refractivity contribution in [1.82, 2.24) is 10.3 Å². The topological polar surface area (TPSA) is 54.1 Å². The number of esters is 1. The van der Waals surface area contributed by atoms with Crippen LogP contribution in [0, 0.1) is 0 Å². The van der Waals surface area contributed by atoms with Crippen LogP contribution in [0.25, 0.3) is 11.1 Å². The van der Waals surface area contributed by atoms with Gasteiger partial charge < -0.3 is 15.0 Å². The maximum atomic E-state index is 12.6. The minimum atomic E-state index is -0.390. The summed E-state index contributed by atoms with van der Waals surface area (Å²) in [6.07, 6.45) is 1.76. The molecule has 0 saturated carbocycles. The fourth-order valence-electron chi connectivity index (χ4n) is 2.99. The second-order valence-corrected chi connectivity index (χ2v) is 7.33. The Morgan fingerprint density at radius 3 is 2.32 bits per heavy atom. The van der Waals surface area contributed by atoms with E-state index >= 15 is 0 Å². The van der Waals surface area contributed by atoms with Crippen molar-refractivity contribution < 1.29 is 9.53 Å². The molecule has 8 heteroatoms. The highest BCUT2D eigenvalue weighted by molar-refractivity contribution is 6.42. The average molecular weight is 424 g/mol. The third kappa shape index (κ3) is 3.64. The van der Waals surface area contributed by atoms with Crippen molar-refractivity contribution in [1.29, 1.82) is 0 Å². The van der Waals surface area contributed by atoms with Crippen LogP contribution in [-0.2, 0) is 10.2 Å². The summed E-state index contributed by atoms with van der Waals surface area (Å²) in [4.78, 5) is 15.9. The number of hydrogen-bond acceptors (Lipinski definition) is 3. The Labute approximate surface area is 167 Å². The van der Waals surface area contributed by atoms with Crippen LogP contribution in [0.5, 0.6) is 0 Å². The van der Waals surface area contributed by atoms with Gasteiger partial charge in [0, 0.05) is 46.5 Å². The Morgan fingerprint density at radius 1 is 1.24 bits per heavy atom. The Bertz CT molecular complexity index is 777. The first-order valence-corrected chi connectivity index (χ1v) is 8.75. The number of ether oxygens (including phenoxy) is 1. The summed E-state index contributed by atoms with van der Waals surface area (Å²) in [6.45, 7) is 5.72. The number of carbonyl (C=O) groups is 1. The predicted octanol–water partition coefficient (Wildman–Crippen LogP) is 5.10. The van der Waals surface area contributed by atoms with Crippen LogP contribution in [0.3, 0.4) is 0 Å². The Kier molecular flexibility index (Phi) is 6.34. The number of halogens is 4. The van der Waals surface area contributed by atoms with Gasteiger partial charge in [-0.2, -0.15) is 0 Å². The maximum absolute atomic E-state index is 12.6. The van der Waals surface area contributed by atoms with Crippen molar-refractivity contribution in [2.45, 2.75) is 19.3 Å². The molecule has 1 aliphatic rings. The van der Waals surface area contributed by atoms with Gasteiger partial charge in [-0.15, -0.1) is 12.4 Å². The van der Waals surface area contributed by atoms with Crippen molar-refractivity contribution in [3.63, 3.8) is 0 Å². The summed E-state index contributed by atoms with van der Waals surface area (Å²) >= 11 is 18.7. The third-order valence-corrected chi connectivity index (χ3v) is 5.08. The van der Waals surface area contributed by atoms with Crippen molar-refractivity contribution in [2.24, 2.45) is 0 Å². The Morgan fingerprint density at radius 2 is 1.84 bits per heavy atom. The quantitative estimate of drug-likeness (QED) is 0.672. The zero-order valence-electron chi connectivity index (χ0n) is 13.7. The van der Waals surface area contributed by atoms with Gasteiger partial charge in [-0.05, 0) is 19.1 Å². The minimum Gasteiger partial charge on any atom is -0.462 e. The molecule has 1 aromatic heterocycles. The van der Waals surface area contributed by atoms with Gasteiger partial charge in [0.25, 0.3) is 0 Å². The van der Waals surface area contributed by atoms with Gasteiger partial charge in [-0.25, -0.2) is 4.79 Å². The number of aromatic amines is 1. The van der Waals surface area contributed by atoms with E-state index in [-0.39, 0.29) is 23.8 Å². The molecule has 0 amide bonds. The van der Waals surface area contributed by atoms with E-state index in [0.717, 1.165) is 18.8 Å². The molecule has 0 atom stereocenters. The second kappa shape index (κ2) is 7.77. The van der Waals surface area contributed by atoms with Crippen LogP contribution in [0.4, 0.5) is 0 Å². The van der Waals surface area contributed by atoms with Crippen LogP contribution >= 0.6 is 47.2 Å². The van der Waals surface area contributed by atoms with Crippen LogP contribution in [-0.4, -0.2) is 30.6 Å². The lowest BCUT2D eigenvalue weighted by molar-refractivity contribution is 0.0523. The Balaban J connectivity index is 0.00000225. The summed E-state index contributed by atoms with van der Waals surface area (Å²) in [6, 6.07) is 3.22. The largest absolute Gasteiger partial charge is 0.462 e. The van der Waals surface area contributed by atoms with E-state index in [2.05, 4.69) is 17.2 Å². The molecule has 0 unspecified atom stereocenters. The van der Waals surface area contributed by atoms with Crippen LogP contribution < -0.4 is 5.32 Å². The Hall–Kier alpha value is -0.910. The molecular formula is C17H18Cl4N2O2. The summed E-state index contributed by atoms with van der Waals surface area (Å²) in [7, 11) is 0. The summed E-state index contributed by atoms with van der Waals surface area (Å²) in [5.41, 5.74) is 2.35. The van der Waals surface area contributed by atoms with E-state index in [1.807, 2.05) is 0 Å². The molecule has 1 aliphatic heterocycles. The highest BCUT2D eigenvalue weighted by Gasteiger charge is 2.40. The third-order valence-electron chi connectivity index (χ3n) is 4.27. The zero-order chi connectivity index (χ0) is 17.5. The molecular weight excluding hydrogens is 406 g/mol. The van der Waals surface area contributed by atoms with Crippen molar-refractivity contribution in [2.75, 3.05) is 19.7 Å². The average Bonchev–Trinajstić information content (AvgIpc) is 2.89. The van der Waals surface area contributed by atoms with Gasteiger partial charge in [-0.3, -0.25) is 0 Å². The minimum absolute atomic E-state index is 0. The molecule has 2 heterocycles. The molecule has 136 valence electrons. The first kappa shape index (κ1) is 20.4.